The fraction of sp³-hybridized carbons (Fsp3) is 0.429. The zero-order valence-electron chi connectivity index (χ0n) is 12.0. The second kappa shape index (κ2) is 7.97. The van der Waals surface area contributed by atoms with Crippen LogP contribution in [0.3, 0.4) is 0 Å². The number of nitrogens with zero attached hydrogens (tertiary/aromatic N) is 2. The molecule has 3 N–H and O–H groups in total. The molecular formula is C14H20ClN3O3. The van der Waals surface area contributed by atoms with Crippen LogP contribution >= 0.6 is 12.4 Å². The van der Waals surface area contributed by atoms with Crippen molar-refractivity contribution in [2.24, 2.45) is 5.73 Å². The van der Waals surface area contributed by atoms with Crippen LogP contribution < -0.4 is 10.5 Å². The second-order valence-corrected chi connectivity index (χ2v) is 4.57. The number of methoxy groups -OCH3 is 1. The Morgan fingerprint density at radius 2 is 1.95 bits per heavy atom. The third-order valence-corrected chi connectivity index (χ3v) is 3.06. The molecule has 1 heterocycles. The Bertz CT molecular complexity index is 545. The molecule has 6 nitrogen and oxygen atoms in total. The normalized spacial score (nSPS) is 13.3. The zero-order chi connectivity index (χ0) is 14.5. The molecular weight excluding hydrogens is 294 g/mol. The molecule has 0 bridgehead atoms. The maximum atomic E-state index is 10.0. The van der Waals surface area contributed by atoms with Crippen molar-refractivity contribution in [2.75, 3.05) is 7.11 Å². The molecule has 0 spiro atoms. The number of halogens is 1. The van der Waals surface area contributed by atoms with Crippen molar-refractivity contribution in [1.82, 2.24) is 10.2 Å². The highest BCUT2D eigenvalue weighted by Crippen LogP contribution is 2.24. The van der Waals surface area contributed by atoms with Crippen molar-refractivity contribution in [3.05, 3.63) is 30.2 Å². The summed E-state index contributed by atoms with van der Waals surface area (Å²) in [5, 5.41) is 17.8. The Kier molecular flexibility index (Phi) is 6.61. The Balaban J connectivity index is 0.00000220. The smallest absolute Gasteiger partial charge is 0.247 e. The molecule has 0 aliphatic carbocycles. The van der Waals surface area contributed by atoms with Gasteiger partial charge in [-0.05, 0) is 30.7 Å². The van der Waals surface area contributed by atoms with E-state index in [0.717, 1.165) is 17.7 Å². The molecule has 2 rings (SSSR count). The van der Waals surface area contributed by atoms with Gasteiger partial charge in [0.25, 0.3) is 0 Å². The van der Waals surface area contributed by atoms with Crippen molar-refractivity contribution >= 4 is 12.4 Å². The molecule has 0 saturated carbocycles. The number of nitrogens with two attached hydrogens (primary N) is 1. The lowest BCUT2D eigenvalue weighted by molar-refractivity contribution is 0.112. The van der Waals surface area contributed by atoms with Crippen LogP contribution in [0, 0.1) is 0 Å². The standard InChI is InChI=1S/C14H19N3O3.ClH/c1-3-4-11(15)12(18)14-17-16-13(20-14)9-5-7-10(19-2)8-6-9;/h5-8,11-12,18H,3-4,15H2,1-2H3;1H. The highest BCUT2D eigenvalue weighted by Gasteiger charge is 2.22. The van der Waals surface area contributed by atoms with E-state index in [0.29, 0.717) is 12.3 Å². The largest absolute Gasteiger partial charge is 0.497 e. The predicted molar refractivity (Wildman–Crippen MR) is 81.4 cm³/mol. The van der Waals surface area contributed by atoms with Gasteiger partial charge in [-0.25, -0.2) is 0 Å². The van der Waals surface area contributed by atoms with E-state index in [1.54, 1.807) is 19.2 Å². The summed E-state index contributed by atoms with van der Waals surface area (Å²) >= 11 is 0. The van der Waals surface area contributed by atoms with Crippen LogP contribution in [0.25, 0.3) is 11.5 Å². The topological polar surface area (TPSA) is 94.4 Å². The van der Waals surface area contributed by atoms with Gasteiger partial charge in [-0.2, -0.15) is 0 Å². The third-order valence-electron chi connectivity index (χ3n) is 3.06. The Hall–Kier alpha value is -1.63. The Morgan fingerprint density at radius 1 is 1.29 bits per heavy atom. The fourth-order valence-electron chi connectivity index (χ4n) is 1.88. The fourth-order valence-corrected chi connectivity index (χ4v) is 1.88. The van der Waals surface area contributed by atoms with Crippen LogP contribution in [0.15, 0.2) is 28.7 Å². The summed E-state index contributed by atoms with van der Waals surface area (Å²) < 4.78 is 10.6. The van der Waals surface area contributed by atoms with Gasteiger partial charge in [0.1, 0.15) is 11.9 Å². The minimum atomic E-state index is -0.936. The number of benzene rings is 1. The van der Waals surface area contributed by atoms with Gasteiger partial charge >= 0.3 is 0 Å². The van der Waals surface area contributed by atoms with Crippen molar-refractivity contribution in [2.45, 2.75) is 31.9 Å². The highest BCUT2D eigenvalue weighted by atomic mass is 35.5. The number of aromatic nitrogens is 2. The van der Waals surface area contributed by atoms with Crippen molar-refractivity contribution < 1.29 is 14.3 Å². The number of rotatable bonds is 6. The molecule has 0 aliphatic heterocycles. The van der Waals surface area contributed by atoms with Crippen LogP contribution in [0.1, 0.15) is 31.8 Å². The lowest BCUT2D eigenvalue weighted by Crippen LogP contribution is -2.28. The van der Waals surface area contributed by atoms with Crippen LogP contribution in [0.2, 0.25) is 0 Å². The lowest BCUT2D eigenvalue weighted by atomic mass is 10.1. The summed E-state index contributed by atoms with van der Waals surface area (Å²) in [5.74, 6) is 1.25. The Labute approximate surface area is 129 Å². The van der Waals surface area contributed by atoms with Gasteiger partial charge in [0.15, 0.2) is 0 Å². The van der Waals surface area contributed by atoms with E-state index >= 15 is 0 Å². The molecule has 1 aromatic heterocycles. The van der Waals surface area contributed by atoms with Crippen LogP contribution in [0.4, 0.5) is 0 Å². The van der Waals surface area contributed by atoms with Gasteiger partial charge in [0, 0.05) is 11.6 Å². The quantitative estimate of drug-likeness (QED) is 0.850. The molecule has 2 aromatic rings. The molecule has 0 saturated heterocycles. The molecule has 116 valence electrons. The van der Waals surface area contributed by atoms with E-state index in [9.17, 15) is 5.11 Å². The number of hydrogen-bond acceptors (Lipinski definition) is 6. The van der Waals surface area contributed by atoms with E-state index in [1.807, 2.05) is 19.1 Å². The Morgan fingerprint density at radius 3 is 2.52 bits per heavy atom. The maximum absolute atomic E-state index is 10.0. The summed E-state index contributed by atoms with van der Waals surface area (Å²) in [4.78, 5) is 0. The molecule has 2 unspecified atom stereocenters. The average molecular weight is 314 g/mol. The number of ether oxygens (including phenoxy) is 1. The first-order valence-electron chi connectivity index (χ1n) is 6.57. The second-order valence-electron chi connectivity index (χ2n) is 4.57. The summed E-state index contributed by atoms with van der Waals surface area (Å²) in [6.45, 7) is 2.00. The van der Waals surface area contributed by atoms with Crippen LogP contribution in [0.5, 0.6) is 5.75 Å². The SMILES string of the molecule is CCCC(N)C(O)c1nnc(-c2ccc(OC)cc2)o1.Cl. The summed E-state index contributed by atoms with van der Waals surface area (Å²) in [6.07, 6.45) is 0.647. The van der Waals surface area contributed by atoms with E-state index < -0.39 is 12.1 Å². The minimum absolute atomic E-state index is 0. The number of hydrogen-bond donors (Lipinski definition) is 2. The monoisotopic (exact) mass is 313 g/mol. The van der Waals surface area contributed by atoms with Crippen LogP contribution in [-0.4, -0.2) is 28.5 Å². The molecule has 0 fully saturated rings. The predicted octanol–water partition coefficient (Wildman–Crippen LogP) is 2.33. The third kappa shape index (κ3) is 4.17. The minimum Gasteiger partial charge on any atom is -0.497 e. The van der Waals surface area contributed by atoms with Gasteiger partial charge in [0.2, 0.25) is 11.8 Å². The first-order valence-corrected chi connectivity index (χ1v) is 6.57. The van der Waals surface area contributed by atoms with E-state index in [4.69, 9.17) is 14.9 Å². The van der Waals surface area contributed by atoms with E-state index in [2.05, 4.69) is 10.2 Å². The summed E-state index contributed by atoms with van der Waals surface area (Å²) in [7, 11) is 1.60. The van der Waals surface area contributed by atoms with E-state index in [1.165, 1.54) is 0 Å². The number of aliphatic hydroxyl groups is 1. The average Bonchev–Trinajstić information content (AvgIpc) is 2.96. The molecule has 21 heavy (non-hydrogen) atoms. The molecule has 2 atom stereocenters. The summed E-state index contributed by atoms with van der Waals surface area (Å²) in [5.41, 5.74) is 6.62. The molecule has 7 heteroatoms. The molecule has 0 aliphatic rings. The van der Waals surface area contributed by atoms with Gasteiger partial charge in [-0.1, -0.05) is 13.3 Å². The van der Waals surface area contributed by atoms with Gasteiger partial charge in [-0.3, -0.25) is 0 Å². The van der Waals surface area contributed by atoms with Gasteiger partial charge in [-0.15, -0.1) is 22.6 Å². The molecule has 1 aromatic carbocycles. The van der Waals surface area contributed by atoms with Crippen LogP contribution in [-0.2, 0) is 0 Å². The molecule has 0 amide bonds. The van der Waals surface area contributed by atoms with Gasteiger partial charge in [0.05, 0.1) is 7.11 Å². The van der Waals surface area contributed by atoms with E-state index in [-0.39, 0.29) is 18.3 Å². The number of aliphatic hydroxyl groups excluding tert-OH is 1. The zero-order valence-corrected chi connectivity index (χ0v) is 12.8. The first kappa shape index (κ1) is 17.4. The molecule has 0 radical (unpaired) electrons. The van der Waals surface area contributed by atoms with Crippen molar-refractivity contribution in [3.8, 4) is 17.2 Å². The van der Waals surface area contributed by atoms with Crippen molar-refractivity contribution in [3.63, 3.8) is 0 Å². The maximum Gasteiger partial charge on any atom is 0.247 e. The first-order chi connectivity index (χ1) is 9.65. The summed E-state index contributed by atoms with van der Waals surface area (Å²) in [6, 6.07) is 6.84. The highest BCUT2D eigenvalue weighted by molar-refractivity contribution is 5.85. The lowest BCUT2D eigenvalue weighted by Gasteiger charge is -2.13. The van der Waals surface area contributed by atoms with Crippen molar-refractivity contribution in [1.29, 1.82) is 0 Å². The van der Waals surface area contributed by atoms with Gasteiger partial charge < -0.3 is 20.0 Å².